The Morgan fingerprint density at radius 2 is 1.09 bits per heavy atom. The van der Waals surface area contributed by atoms with Crippen LogP contribution < -0.4 is 22.2 Å². The van der Waals surface area contributed by atoms with Gasteiger partial charge >= 0.3 is 71.8 Å². The topological polar surface area (TPSA) is 26.0 Å². The monoisotopic (exact) mass is 415 g/mol. The summed E-state index contributed by atoms with van der Waals surface area (Å²) in [6.07, 6.45) is 0.955. The van der Waals surface area contributed by atoms with Gasteiger partial charge in [0.25, 0.3) is 0 Å². The van der Waals surface area contributed by atoms with Crippen molar-refractivity contribution in [3.8, 4) is 11.1 Å². The van der Waals surface area contributed by atoms with E-state index in [1.165, 1.54) is 20.7 Å². The molecule has 0 amide bonds. The second-order valence-electron chi connectivity index (χ2n) is 4.83. The van der Waals surface area contributed by atoms with Crippen molar-refractivity contribution in [1.82, 2.24) is 0 Å². The van der Waals surface area contributed by atoms with E-state index in [1.54, 1.807) is 0 Å². The van der Waals surface area contributed by atoms with Crippen LogP contribution in [0, 0.1) is 0 Å². The van der Waals surface area contributed by atoms with Crippen molar-refractivity contribution in [2.45, 2.75) is 6.42 Å². The molecule has 23 heavy (non-hydrogen) atoms. The van der Waals surface area contributed by atoms with E-state index in [0.717, 1.165) is 6.42 Å². The minimum Gasteiger partial charge on any atom is -1.00 e. The molecule has 1 nitrogen and oxygen atoms in total. The number of nitrogens with two attached hydrogens (primary N) is 1. The van der Waals surface area contributed by atoms with Gasteiger partial charge in [-0.1, -0.05) is 60.7 Å². The molecule has 0 saturated carbocycles. The summed E-state index contributed by atoms with van der Waals surface area (Å²) in [6.45, 7) is 0.717. The van der Waals surface area contributed by atoms with E-state index in [0.29, 0.717) is 6.54 Å². The second-order valence-corrected chi connectivity index (χ2v) is 5.67. The molecule has 3 aromatic carbocycles. The van der Waals surface area contributed by atoms with Crippen molar-refractivity contribution in [3.63, 3.8) is 0 Å². The number of hydrogen-bond acceptors (Lipinski definition) is 1. The molecule has 0 aliphatic carbocycles. The molecule has 0 aliphatic heterocycles. The largest absolute Gasteiger partial charge is 1.00 e. The number of benzene rings is 3. The van der Waals surface area contributed by atoms with Gasteiger partial charge < -0.3 is 12.4 Å². The van der Waals surface area contributed by atoms with Crippen LogP contribution in [0.15, 0.2) is 84.9 Å². The molecule has 0 radical (unpaired) electrons. The van der Waals surface area contributed by atoms with E-state index >= 15 is 0 Å². The minimum atomic E-state index is 0. The average Bonchev–Trinajstić information content (AvgIpc) is 2.59. The summed E-state index contributed by atoms with van der Waals surface area (Å²) in [5, 5.41) is 0. The summed E-state index contributed by atoms with van der Waals surface area (Å²) in [7, 11) is 0. The van der Waals surface area contributed by atoms with Crippen LogP contribution in [-0.2, 0) is 25.6 Å². The van der Waals surface area contributed by atoms with Crippen molar-refractivity contribution in [1.29, 1.82) is 0 Å². The maximum atomic E-state index is 5.41. The van der Waals surface area contributed by atoms with Crippen LogP contribution in [0.1, 0.15) is 5.56 Å². The summed E-state index contributed by atoms with van der Waals surface area (Å²) >= 11 is 3.18. The first-order valence-electron chi connectivity index (χ1n) is 7.32. The molecule has 3 heteroatoms. The van der Waals surface area contributed by atoms with E-state index in [4.69, 9.17) is 5.73 Å². The van der Waals surface area contributed by atoms with Gasteiger partial charge in [-0.25, -0.2) is 0 Å². The van der Waals surface area contributed by atoms with Crippen molar-refractivity contribution in [2.75, 3.05) is 6.54 Å². The summed E-state index contributed by atoms with van der Waals surface area (Å²) in [4.78, 5) is 0. The summed E-state index contributed by atoms with van der Waals surface area (Å²) in [5.74, 6) is 0. The van der Waals surface area contributed by atoms with Gasteiger partial charge in [0.15, 0.2) is 0 Å². The van der Waals surface area contributed by atoms with Crippen LogP contribution >= 0.6 is 0 Å². The summed E-state index contributed by atoms with van der Waals surface area (Å²) in [6, 6.07) is 29.0. The summed E-state index contributed by atoms with van der Waals surface area (Å²) in [5.41, 5.74) is 9.26. The Balaban J connectivity index is 0.000000224. The van der Waals surface area contributed by atoms with Crippen molar-refractivity contribution < 1.29 is 31.6 Å². The van der Waals surface area contributed by atoms with Gasteiger partial charge in [-0.15, -0.1) is 0 Å². The molecule has 0 heterocycles. The molecule has 0 bridgehead atoms. The fourth-order valence-corrected chi connectivity index (χ4v) is 2.57. The molecule has 3 rings (SSSR count). The first-order valence-corrected chi connectivity index (χ1v) is 8.10. The molecule has 0 atom stereocenters. The van der Waals surface area contributed by atoms with Crippen LogP contribution in [0.5, 0.6) is 0 Å². The molecule has 2 N–H and O–H groups in total. The van der Waals surface area contributed by atoms with Crippen molar-refractivity contribution >= 4 is 4.04 Å². The minimum absolute atomic E-state index is 0. The Morgan fingerprint density at radius 1 is 0.652 bits per heavy atom. The number of hydrogen-bond donors (Lipinski definition) is 1. The van der Waals surface area contributed by atoms with Crippen LogP contribution in [0.2, 0.25) is 0 Å². The Morgan fingerprint density at radius 3 is 1.52 bits per heavy atom. The molecule has 0 aliphatic rings. The van der Waals surface area contributed by atoms with Gasteiger partial charge in [-0.2, -0.15) is 0 Å². The normalized spacial score (nSPS) is 9.35. The molecular weight excluding hydrogens is 396 g/mol. The quantitative estimate of drug-likeness (QED) is 0.626. The molecule has 0 unspecified atom stereocenters. The van der Waals surface area contributed by atoms with E-state index < -0.39 is 0 Å². The molecule has 0 spiro atoms. The average molecular weight is 416 g/mol. The Labute approximate surface area is 155 Å². The van der Waals surface area contributed by atoms with Crippen molar-refractivity contribution in [3.05, 3.63) is 90.5 Å². The number of rotatable bonds is 3. The Kier molecular flexibility index (Phi) is 9.52. The first kappa shape index (κ1) is 19.6. The Hall–Kier alpha value is -1.43. The zero-order valence-electron chi connectivity index (χ0n) is 12.8. The van der Waals surface area contributed by atoms with Crippen LogP contribution in [0.25, 0.3) is 11.1 Å². The SMILES string of the molecule is NCCc1cccc[c]1[Pd+].[Cl-].c1ccc(-c2ccccc2)cc1. The molecule has 3 aromatic rings. The van der Waals surface area contributed by atoms with Gasteiger partial charge in [-0.05, 0) is 11.1 Å². The first-order chi connectivity index (χ1) is 10.8. The molecule has 0 fully saturated rings. The fourth-order valence-electron chi connectivity index (χ4n) is 2.10. The zero-order valence-corrected chi connectivity index (χ0v) is 15.1. The van der Waals surface area contributed by atoms with Crippen LogP contribution in [0.4, 0.5) is 0 Å². The number of halogens is 1. The van der Waals surface area contributed by atoms with Gasteiger partial charge in [-0.3, -0.25) is 0 Å². The third kappa shape index (κ3) is 6.69. The van der Waals surface area contributed by atoms with E-state index in [1.807, 2.05) is 30.3 Å². The molecule has 0 saturated heterocycles. The van der Waals surface area contributed by atoms with Gasteiger partial charge in [0.2, 0.25) is 0 Å². The molecule has 0 aromatic heterocycles. The third-order valence-electron chi connectivity index (χ3n) is 3.22. The smallest absolute Gasteiger partial charge is 0.0184 e. The fraction of sp³-hybridized carbons (Fsp3) is 0.100. The van der Waals surface area contributed by atoms with E-state index in [2.05, 4.69) is 73.8 Å². The van der Waals surface area contributed by atoms with Crippen LogP contribution in [0.3, 0.4) is 0 Å². The van der Waals surface area contributed by atoms with Gasteiger partial charge in [0.1, 0.15) is 0 Å². The zero-order chi connectivity index (χ0) is 15.6. The predicted molar refractivity (Wildman–Crippen MR) is 90.7 cm³/mol. The predicted octanol–water partition coefficient (Wildman–Crippen LogP) is 0.718. The van der Waals surface area contributed by atoms with Crippen molar-refractivity contribution in [2.24, 2.45) is 5.73 Å². The maximum absolute atomic E-state index is 5.41. The second kappa shape index (κ2) is 11.2. The van der Waals surface area contributed by atoms with Gasteiger partial charge in [0, 0.05) is 0 Å². The molecular formula is C20H20ClNPd. The maximum Gasteiger partial charge on any atom is -0.0184 e. The van der Waals surface area contributed by atoms with Crippen LogP contribution in [-0.4, -0.2) is 6.54 Å². The van der Waals surface area contributed by atoms with Gasteiger partial charge in [0.05, 0.1) is 0 Å². The van der Waals surface area contributed by atoms with E-state index in [-0.39, 0.29) is 12.4 Å². The Bertz CT molecular complexity index is 634. The standard InChI is InChI=1S/C12H10.C8H10N.ClH.Pd/c1-3-7-11(8-4-1)12-9-5-2-6-10-12;9-7-6-8-4-2-1-3-5-8;;/h1-10H;1-4H,6-7,9H2;1H;/q;;;+1/p-1. The molecule has 122 valence electrons. The van der Waals surface area contributed by atoms with E-state index in [9.17, 15) is 0 Å². The third-order valence-corrected chi connectivity index (χ3v) is 3.98. The summed E-state index contributed by atoms with van der Waals surface area (Å²) < 4.78 is 1.19.